The molecule has 0 fully saturated rings. The van der Waals surface area contributed by atoms with Crippen LogP contribution in [0.15, 0.2) is 24.3 Å². The molecular formula is C42H81NO8P+. The van der Waals surface area contributed by atoms with Crippen molar-refractivity contribution in [2.75, 3.05) is 47.5 Å². The van der Waals surface area contributed by atoms with Gasteiger partial charge in [-0.2, -0.15) is 0 Å². The molecule has 0 aliphatic rings. The van der Waals surface area contributed by atoms with Crippen LogP contribution < -0.4 is 0 Å². The summed E-state index contributed by atoms with van der Waals surface area (Å²) in [6, 6.07) is 0. The van der Waals surface area contributed by atoms with Crippen LogP contribution in [-0.4, -0.2) is 74.9 Å². The van der Waals surface area contributed by atoms with Gasteiger partial charge in [0.2, 0.25) is 0 Å². The lowest BCUT2D eigenvalue weighted by atomic mass is 10.1. The summed E-state index contributed by atoms with van der Waals surface area (Å²) in [5, 5.41) is 0. The van der Waals surface area contributed by atoms with Crippen molar-refractivity contribution in [3.05, 3.63) is 24.3 Å². The lowest BCUT2D eigenvalue weighted by Gasteiger charge is -2.24. The number of unbranched alkanes of at least 4 members (excludes halogenated alkanes) is 22. The van der Waals surface area contributed by atoms with Crippen molar-refractivity contribution in [1.82, 2.24) is 0 Å². The summed E-state index contributed by atoms with van der Waals surface area (Å²) in [5.74, 6) is -0.999. The van der Waals surface area contributed by atoms with Gasteiger partial charge >= 0.3 is 19.8 Å². The molecule has 0 spiro atoms. The van der Waals surface area contributed by atoms with Crippen molar-refractivity contribution >= 4 is 19.8 Å². The predicted octanol–water partition coefficient (Wildman–Crippen LogP) is 11.6. The Morgan fingerprint density at radius 3 is 1.54 bits per heavy atom. The zero-order chi connectivity index (χ0) is 38.6. The number of likely N-dealkylation sites (N-methyl/N-ethyl adjacent to an activating group) is 1. The van der Waals surface area contributed by atoms with Crippen LogP contribution in [0.1, 0.15) is 181 Å². The molecule has 9 nitrogen and oxygen atoms in total. The van der Waals surface area contributed by atoms with Crippen LogP contribution in [0.3, 0.4) is 0 Å². The smallest absolute Gasteiger partial charge is 0.458 e. The van der Waals surface area contributed by atoms with Gasteiger partial charge in [-0.15, -0.1) is 0 Å². The Hall–Kier alpha value is -1.51. The third-order valence-corrected chi connectivity index (χ3v) is 10.0. The minimum atomic E-state index is -4.38. The van der Waals surface area contributed by atoms with Gasteiger partial charge in [0.1, 0.15) is 19.8 Å². The van der Waals surface area contributed by atoms with E-state index in [2.05, 4.69) is 26.0 Å². The quantitative estimate of drug-likeness (QED) is 0.0166. The average molecular weight is 759 g/mol. The van der Waals surface area contributed by atoms with Crippen molar-refractivity contribution in [2.24, 2.45) is 0 Å². The van der Waals surface area contributed by atoms with Crippen LogP contribution in [0.4, 0.5) is 0 Å². The lowest BCUT2D eigenvalue weighted by Crippen LogP contribution is -2.37. The number of rotatable bonds is 38. The maximum Gasteiger partial charge on any atom is 0.472 e. The number of hydrogen-bond acceptors (Lipinski definition) is 7. The summed E-state index contributed by atoms with van der Waals surface area (Å²) in [6.07, 6.45) is 36.9. The molecule has 2 atom stereocenters. The van der Waals surface area contributed by atoms with Gasteiger partial charge < -0.3 is 18.9 Å². The van der Waals surface area contributed by atoms with E-state index in [9.17, 15) is 19.0 Å². The molecule has 0 aromatic carbocycles. The standard InChI is InChI=1S/C42H80NO8P/c1-6-8-10-12-14-16-18-20-21-23-25-27-29-31-33-35-42(45)51-40(39-50-52(46,47)49-37-36-43(3,4)5)38-48-41(44)34-32-30-28-26-24-22-19-17-15-13-11-9-7-2/h20-21,32,34,40H,6-19,22-31,33,35-39H2,1-5H3/p+1/b21-20-,34-32-/t40-/m1/s1. The number of nitrogens with zero attached hydrogens (tertiary/aromatic N) is 1. The number of phosphoric acid groups is 1. The van der Waals surface area contributed by atoms with Gasteiger partial charge in [-0.05, 0) is 44.9 Å². The highest BCUT2D eigenvalue weighted by Crippen LogP contribution is 2.43. The Labute approximate surface area is 319 Å². The fourth-order valence-electron chi connectivity index (χ4n) is 5.67. The van der Waals surface area contributed by atoms with E-state index >= 15 is 0 Å². The van der Waals surface area contributed by atoms with Crippen molar-refractivity contribution in [3.8, 4) is 0 Å². The van der Waals surface area contributed by atoms with E-state index in [1.165, 1.54) is 109 Å². The average Bonchev–Trinajstić information content (AvgIpc) is 3.09. The Balaban J connectivity index is 4.45. The Bertz CT molecular complexity index is 949. The highest BCUT2D eigenvalue weighted by Gasteiger charge is 2.26. The first-order chi connectivity index (χ1) is 25.0. The first-order valence-corrected chi connectivity index (χ1v) is 22.6. The highest BCUT2D eigenvalue weighted by atomic mass is 31.2. The zero-order valence-corrected chi connectivity index (χ0v) is 35.2. The number of esters is 2. The number of phosphoric ester groups is 1. The molecule has 306 valence electrons. The molecule has 52 heavy (non-hydrogen) atoms. The molecule has 0 saturated carbocycles. The molecule has 0 aromatic heterocycles. The molecular weight excluding hydrogens is 677 g/mol. The second-order valence-corrected chi connectivity index (χ2v) is 16.9. The maximum absolute atomic E-state index is 12.6. The molecule has 0 amide bonds. The molecule has 0 radical (unpaired) electrons. The van der Waals surface area contributed by atoms with Gasteiger partial charge in [-0.3, -0.25) is 13.8 Å². The summed E-state index contributed by atoms with van der Waals surface area (Å²) in [4.78, 5) is 35.2. The third-order valence-electron chi connectivity index (χ3n) is 9.02. The van der Waals surface area contributed by atoms with Crippen molar-refractivity contribution in [1.29, 1.82) is 0 Å². The number of hydrogen-bond donors (Lipinski definition) is 1. The fourth-order valence-corrected chi connectivity index (χ4v) is 6.42. The van der Waals surface area contributed by atoms with Crippen molar-refractivity contribution < 1.29 is 42.1 Å². The van der Waals surface area contributed by atoms with E-state index in [0.29, 0.717) is 17.4 Å². The summed E-state index contributed by atoms with van der Waals surface area (Å²) >= 11 is 0. The number of carbonyl (C=O) groups excluding carboxylic acids is 2. The highest BCUT2D eigenvalue weighted by molar-refractivity contribution is 7.47. The molecule has 0 heterocycles. The van der Waals surface area contributed by atoms with E-state index in [0.717, 1.165) is 51.4 Å². The molecule has 10 heteroatoms. The van der Waals surface area contributed by atoms with Gasteiger partial charge in [0.25, 0.3) is 0 Å². The second kappa shape index (κ2) is 35.2. The topological polar surface area (TPSA) is 108 Å². The Morgan fingerprint density at radius 2 is 1.06 bits per heavy atom. The number of carbonyl (C=O) groups is 2. The lowest BCUT2D eigenvalue weighted by molar-refractivity contribution is -0.870. The monoisotopic (exact) mass is 759 g/mol. The third kappa shape index (κ3) is 38.2. The Kier molecular flexibility index (Phi) is 34.2. The SMILES string of the molecule is CCCCCCCC/C=C\CCCCCCCC(=O)O[C@H](COC(=O)/C=C\CCCCCCCCCCCCC)COP(=O)(O)OCC[N+](C)(C)C. The Morgan fingerprint density at radius 1 is 0.615 bits per heavy atom. The van der Waals surface area contributed by atoms with Crippen LogP contribution in [0.5, 0.6) is 0 Å². The molecule has 0 aliphatic carbocycles. The first kappa shape index (κ1) is 50.5. The van der Waals surface area contributed by atoms with E-state index in [4.69, 9.17) is 18.5 Å². The van der Waals surface area contributed by atoms with E-state index in [-0.39, 0.29) is 19.6 Å². The number of ether oxygens (including phenoxy) is 2. The number of allylic oxidation sites excluding steroid dienone is 3. The van der Waals surface area contributed by atoms with Crippen molar-refractivity contribution in [3.63, 3.8) is 0 Å². The second-order valence-electron chi connectivity index (χ2n) is 15.4. The summed E-state index contributed by atoms with van der Waals surface area (Å²) in [7, 11) is 1.45. The van der Waals surface area contributed by atoms with Crippen LogP contribution in [-0.2, 0) is 32.7 Å². The molecule has 1 unspecified atom stereocenters. The maximum atomic E-state index is 12.6. The van der Waals surface area contributed by atoms with Crippen molar-refractivity contribution in [2.45, 2.75) is 187 Å². The first-order valence-electron chi connectivity index (χ1n) is 21.1. The van der Waals surface area contributed by atoms with Gasteiger partial charge in [-0.1, -0.05) is 148 Å². The van der Waals surface area contributed by atoms with Crippen LogP contribution in [0, 0.1) is 0 Å². The molecule has 0 saturated heterocycles. The largest absolute Gasteiger partial charge is 0.472 e. The van der Waals surface area contributed by atoms with Crippen LogP contribution >= 0.6 is 7.82 Å². The number of quaternary nitrogens is 1. The van der Waals surface area contributed by atoms with Gasteiger partial charge in [0.05, 0.1) is 27.7 Å². The molecule has 0 bridgehead atoms. The molecule has 0 rings (SSSR count). The van der Waals surface area contributed by atoms with Gasteiger partial charge in [0, 0.05) is 12.5 Å². The molecule has 0 aromatic rings. The minimum Gasteiger partial charge on any atom is -0.458 e. The summed E-state index contributed by atoms with van der Waals surface area (Å²) in [6.45, 7) is 4.32. The molecule has 0 aliphatic heterocycles. The molecule has 1 N–H and O–H groups in total. The fraction of sp³-hybridized carbons (Fsp3) is 0.857. The van der Waals surface area contributed by atoms with E-state index in [1.54, 1.807) is 0 Å². The van der Waals surface area contributed by atoms with Crippen LogP contribution in [0.25, 0.3) is 0 Å². The summed E-state index contributed by atoms with van der Waals surface area (Å²) < 4.78 is 34.1. The normalized spacial score (nSPS) is 13.9. The van der Waals surface area contributed by atoms with E-state index in [1.807, 2.05) is 27.2 Å². The van der Waals surface area contributed by atoms with Gasteiger partial charge in [-0.25, -0.2) is 9.36 Å². The van der Waals surface area contributed by atoms with Gasteiger partial charge in [0.15, 0.2) is 6.10 Å². The summed E-state index contributed by atoms with van der Waals surface area (Å²) in [5.41, 5.74) is 0. The zero-order valence-electron chi connectivity index (χ0n) is 34.3. The van der Waals surface area contributed by atoms with E-state index < -0.39 is 32.5 Å². The van der Waals surface area contributed by atoms with Crippen LogP contribution in [0.2, 0.25) is 0 Å². The predicted molar refractivity (Wildman–Crippen MR) is 215 cm³/mol. The minimum absolute atomic E-state index is 0.0239.